The van der Waals surface area contributed by atoms with Crippen LogP contribution in [0.25, 0.3) is 0 Å². The van der Waals surface area contributed by atoms with Crippen LogP contribution in [0.2, 0.25) is 0 Å². The predicted molar refractivity (Wildman–Crippen MR) is 103 cm³/mol. The summed E-state index contributed by atoms with van der Waals surface area (Å²) in [5.74, 6) is 2.23. The predicted octanol–water partition coefficient (Wildman–Crippen LogP) is 2.98. The molecule has 0 aliphatic heterocycles. The van der Waals surface area contributed by atoms with E-state index in [0.29, 0.717) is 19.7 Å². The third-order valence-corrected chi connectivity index (χ3v) is 4.71. The van der Waals surface area contributed by atoms with Gasteiger partial charge in [-0.1, -0.05) is 13.0 Å². The molecule has 0 atom stereocenters. The smallest absolute Gasteiger partial charge is 0.191 e. The van der Waals surface area contributed by atoms with Crippen molar-refractivity contribution in [1.82, 2.24) is 15.6 Å². The standard InChI is InChI=1S/C18H26N4O2S/c1-5-14-11-20-17(25-14)12-22-18(19-3)21-10-13-7-8-15(23-4)16(9-13)24-6-2/h7-9,11H,5-6,10,12H2,1-4H3,(H2,19,21,22). The minimum absolute atomic E-state index is 0.601. The number of methoxy groups -OCH3 is 1. The Morgan fingerprint density at radius 2 is 2.00 bits per heavy atom. The number of hydrogen-bond acceptors (Lipinski definition) is 5. The summed E-state index contributed by atoms with van der Waals surface area (Å²) >= 11 is 1.72. The largest absolute Gasteiger partial charge is 0.493 e. The Bertz CT molecular complexity index is 700. The van der Waals surface area contributed by atoms with Crippen molar-refractivity contribution in [3.63, 3.8) is 0 Å². The van der Waals surface area contributed by atoms with Gasteiger partial charge in [0.05, 0.1) is 20.3 Å². The number of hydrogen-bond donors (Lipinski definition) is 2. The first-order valence-electron chi connectivity index (χ1n) is 8.37. The summed E-state index contributed by atoms with van der Waals surface area (Å²) in [4.78, 5) is 9.95. The monoisotopic (exact) mass is 362 g/mol. The van der Waals surface area contributed by atoms with Crippen LogP contribution >= 0.6 is 11.3 Å². The van der Waals surface area contributed by atoms with Gasteiger partial charge in [-0.2, -0.15) is 0 Å². The van der Waals surface area contributed by atoms with Gasteiger partial charge in [-0.15, -0.1) is 11.3 Å². The third-order valence-electron chi connectivity index (χ3n) is 3.57. The number of guanidine groups is 1. The molecule has 1 aromatic carbocycles. The number of ether oxygens (including phenoxy) is 2. The maximum Gasteiger partial charge on any atom is 0.191 e. The quantitative estimate of drug-likeness (QED) is 0.558. The van der Waals surface area contributed by atoms with Crippen LogP contribution in [-0.2, 0) is 19.5 Å². The van der Waals surface area contributed by atoms with Gasteiger partial charge in [-0.05, 0) is 31.0 Å². The zero-order valence-electron chi connectivity index (χ0n) is 15.3. The van der Waals surface area contributed by atoms with E-state index in [4.69, 9.17) is 9.47 Å². The highest BCUT2D eigenvalue weighted by Crippen LogP contribution is 2.27. The van der Waals surface area contributed by atoms with Gasteiger partial charge in [0.1, 0.15) is 5.01 Å². The van der Waals surface area contributed by atoms with Crippen LogP contribution in [0.15, 0.2) is 29.4 Å². The van der Waals surface area contributed by atoms with Gasteiger partial charge in [0.2, 0.25) is 0 Å². The lowest BCUT2D eigenvalue weighted by Gasteiger charge is -2.13. The first kappa shape index (κ1) is 19.1. The second-order valence-electron chi connectivity index (χ2n) is 5.27. The van der Waals surface area contributed by atoms with E-state index in [0.717, 1.165) is 34.5 Å². The molecule has 1 aromatic heterocycles. The molecule has 2 rings (SSSR count). The van der Waals surface area contributed by atoms with Crippen molar-refractivity contribution >= 4 is 17.3 Å². The van der Waals surface area contributed by atoms with E-state index >= 15 is 0 Å². The van der Waals surface area contributed by atoms with Crippen molar-refractivity contribution in [1.29, 1.82) is 0 Å². The third kappa shape index (κ3) is 5.63. The van der Waals surface area contributed by atoms with Crippen molar-refractivity contribution in [2.75, 3.05) is 20.8 Å². The van der Waals surface area contributed by atoms with Crippen molar-refractivity contribution in [2.24, 2.45) is 4.99 Å². The second kappa shape index (κ2) is 9.88. The summed E-state index contributed by atoms with van der Waals surface area (Å²) in [6.07, 6.45) is 2.95. The average molecular weight is 362 g/mol. The molecule has 0 aliphatic carbocycles. The highest BCUT2D eigenvalue weighted by Gasteiger charge is 2.07. The summed E-state index contributed by atoms with van der Waals surface area (Å²) in [6, 6.07) is 5.91. The lowest BCUT2D eigenvalue weighted by molar-refractivity contribution is 0.310. The van der Waals surface area contributed by atoms with Gasteiger partial charge >= 0.3 is 0 Å². The number of thiazole rings is 1. The van der Waals surface area contributed by atoms with Gasteiger partial charge < -0.3 is 20.1 Å². The van der Waals surface area contributed by atoms with Crippen molar-refractivity contribution in [3.8, 4) is 11.5 Å². The van der Waals surface area contributed by atoms with Gasteiger partial charge in [-0.25, -0.2) is 4.98 Å². The van der Waals surface area contributed by atoms with Gasteiger partial charge in [0.25, 0.3) is 0 Å². The fraction of sp³-hybridized carbons (Fsp3) is 0.444. The van der Waals surface area contributed by atoms with Crippen LogP contribution in [0.4, 0.5) is 0 Å². The molecule has 0 spiro atoms. The maximum absolute atomic E-state index is 5.61. The molecule has 0 bridgehead atoms. The number of aromatic nitrogens is 1. The molecule has 136 valence electrons. The van der Waals surface area contributed by atoms with Gasteiger partial charge in [-0.3, -0.25) is 4.99 Å². The lowest BCUT2D eigenvalue weighted by Crippen LogP contribution is -2.36. The Kier molecular flexibility index (Phi) is 7.53. The molecule has 2 aromatic rings. The zero-order valence-corrected chi connectivity index (χ0v) is 16.1. The molecule has 1 heterocycles. The molecule has 0 saturated heterocycles. The van der Waals surface area contributed by atoms with Crippen LogP contribution in [0.3, 0.4) is 0 Å². The molecule has 6 nitrogen and oxygen atoms in total. The normalized spacial score (nSPS) is 11.3. The highest BCUT2D eigenvalue weighted by atomic mass is 32.1. The first-order chi connectivity index (χ1) is 12.2. The highest BCUT2D eigenvalue weighted by molar-refractivity contribution is 7.11. The Hall–Kier alpha value is -2.28. The van der Waals surface area contributed by atoms with E-state index in [1.165, 1.54) is 4.88 Å². The van der Waals surface area contributed by atoms with Crippen LogP contribution in [0.1, 0.15) is 29.3 Å². The number of aryl methyl sites for hydroxylation is 1. The summed E-state index contributed by atoms with van der Waals surface area (Å²) in [5.41, 5.74) is 1.09. The molecule has 0 fully saturated rings. The number of nitrogens with zero attached hydrogens (tertiary/aromatic N) is 2. The molecule has 0 saturated carbocycles. The molecule has 0 radical (unpaired) electrons. The summed E-state index contributed by atoms with van der Waals surface area (Å²) < 4.78 is 10.9. The molecule has 25 heavy (non-hydrogen) atoms. The van der Waals surface area contributed by atoms with E-state index in [2.05, 4.69) is 27.5 Å². The number of rotatable bonds is 8. The number of benzene rings is 1. The SMILES string of the molecule is CCOc1cc(CNC(=NC)NCc2ncc(CC)s2)ccc1OC. The minimum Gasteiger partial charge on any atom is -0.493 e. The summed E-state index contributed by atoms with van der Waals surface area (Å²) in [6.45, 7) is 6.00. The molecular formula is C18H26N4O2S. The van der Waals surface area contributed by atoms with E-state index in [1.54, 1.807) is 25.5 Å². The van der Waals surface area contributed by atoms with E-state index in [-0.39, 0.29) is 0 Å². The maximum atomic E-state index is 5.61. The lowest BCUT2D eigenvalue weighted by atomic mass is 10.2. The number of aliphatic imine (C=N–C) groups is 1. The molecule has 7 heteroatoms. The van der Waals surface area contributed by atoms with Crippen LogP contribution < -0.4 is 20.1 Å². The van der Waals surface area contributed by atoms with Crippen molar-refractivity contribution in [2.45, 2.75) is 33.4 Å². The second-order valence-corrected chi connectivity index (χ2v) is 6.47. The first-order valence-corrected chi connectivity index (χ1v) is 9.19. The van der Waals surface area contributed by atoms with Gasteiger partial charge in [0.15, 0.2) is 17.5 Å². The Morgan fingerprint density at radius 1 is 1.20 bits per heavy atom. The Labute approximate surface area is 153 Å². The topological polar surface area (TPSA) is 67.8 Å². The minimum atomic E-state index is 0.601. The fourth-order valence-corrected chi connectivity index (χ4v) is 3.06. The van der Waals surface area contributed by atoms with E-state index < -0.39 is 0 Å². The average Bonchev–Trinajstić information content (AvgIpc) is 3.10. The molecule has 0 amide bonds. The van der Waals surface area contributed by atoms with Crippen LogP contribution in [0.5, 0.6) is 11.5 Å². The molecule has 0 unspecified atom stereocenters. The van der Waals surface area contributed by atoms with Gasteiger partial charge in [0, 0.05) is 24.7 Å². The zero-order chi connectivity index (χ0) is 18.1. The van der Waals surface area contributed by atoms with Crippen LogP contribution in [0, 0.1) is 0 Å². The fourth-order valence-electron chi connectivity index (χ4n) is 2.26. The number of nitrogens with one attached hydrogen (secondary N) is 2. The summed E-state index contributed by atoms with van der Waals surface area (Å²) in [7, 11) is 3.40. The molecule has 0 aliphatic rings. The Morgan fingerprint density at radius 3 is 2.64 bits per heavy atom. The molecule has 2 N–H and O–H groups in total. The van der Waals surface area contributed by atoms with Crippen LogP contribution in [-0.4, -0.2) is 31.7 Å². The Balaban J connectivity index is 1.90. The van der Waals surface area contributed by atoms with Crippen molar-refractivity contribution in [3.05, 3.63) is 39.8 Å². The molecular weight excluding hydrogens is 336 g/mol. The van der Waals surface area contributed by atoms with Crippen molar-refractivity contribution < 1.29 is 9.47 Å². The van der Waals surface area contributed by atoms with E-state index in [1.807, 2.05) is 31.3 Å². The summed E-state index contributed by atoms with van der Waals surface area (Å²) in [5, 5.41) is 7.65. The van der Waals surface area contributed by atoms with E-state index in [9.17, 15) is 0 Å².